The van der Waals surface area contributed by atoms with Crippen LogP contribution in [0.4, 0.5) is 0 Å². The minimum Gasteiger partial charge on any atom is -0.477 e. The molecule has 2 aliphatic rings. The van der Waals surface area contributed by atoms with E-state index in [1.54, 1.807) is 6.20 Å². The smallest absolute Gasteiger partial charge is 0.213 e. The van der Waals surface area contributed by atoms with Crippen LogP contribution in [0.5, 0.6) is 17.4 Å². The van der Waals surface area contributed by atoms with Crippen LogP contribution in [-0.2, 0) is 15.1 Å². The maximum Gasteiger partial charge on any atom is 0.213 e. The summed E-state index contributed by atoms with van der Waals surface area (Å²) in [4.78, 5) is 20.3. The van der Waals surface area contributed by atoms with Crippen molar-refractivity contribution >= 4 is 28.2 Å². The van der Waals surface area contributed by atoms with Crippen molar-refractivity contribution in [3.63, 3.8) is 0 Å². The van der Waals surface area contributed by atoms with Gasteiger partial charge in [-0.1, -0.05) is 36.7 Å². The zero-order valence-electron chi connectivity index (χ0n) is 16.5. The number of amidine groups is 1. The van der Waals surface area contributed by atoms with Crippen molar-refractivity contribution in [1.82, 2.24) is 10.3 Å². The molecule has 7 nitrogen and oxygen atoms in total. The number of carbonyl (C=O) groups excluding carboxylic acids is 1. The third-order valence-corrected chi connectivity index (χ3v) is 5.14. The third-order valence-electron chi connectivity index (χ3n) is 4.65. The van der Waals surface area contributed by atoms with Crippen molar-refractivity contribution < 1.29 is 19.0 Å². The summed E-state index contributed by atoms with van der Waals surface area (Å²) < 4.78 is 18.8. The first kappa shape index (κ1) is 19.8. The van der Waals surface area contributed by atoms with E-state index in [1.807, 2.05) is 24.3 Å². The third kappa shape index (κ3) is 3.86. The minimum atomic E-state index is -0.876. The van der Waals surface area contributed by atoms with Crippen LogP contribution in [0, 0.1) is 5.41 Å². The molecule has 1 amide bonds. The summed E-state index contributed by atoms with van der Waals surface area (Å²) in [5.41, 5.74) is 0.749. The Bertz CT molecular complexity index is 986. The van der Waals surface area contributed by atoms with Crippen LogP contribution < -0.4 is 14.8 Å². The van der Waals surface area contributed by atoms with E-state index in [0.717, 1.165) is 15.6 Å². The highest BCUT2D eigenvalue weighted by atomic mass is 79.9. The van der Waals surface area contributed by atoms with Gasteiger partial charge in [0.05, 0.1) is 19.4 Å². The van der Waals surface area contributed by atoms with E-state index in [1.165, 1.54) is 0 Å². The Morgan fingerprint density at radius 3 is 2.83 bits per heavy atom. The molecular weight excluding hydrogens is 438 g/mol. The fourth-order valence-electron chi connectivity index (χ4n) is 3.38. The topological polar surface area (TPSA) is 82.0 Å². The van der Waals surface area contributed by atoms with E-state index in [2.05, 4.69) is 47.0 Å². The minimum absolute atomic E-state index is 0.00358. The van der Waals surface area contributed by atoms with Crippen LogP contribution in [0.2, 0.25) is 0 Å². The highest BCUT2D eigenvalue weighted by molar-refractivity contribution is 9.10. The number of rotatable bonds is 3. The Hall–Kier alpha value is -2.45. The molecule has 3 heterocycles. The standard InChI is InChI=1S/C21H22BrN3O4/c1-20(2,3)10-28-19-7-15-17(8-23-19)29-16-5-4-13(22)6-14(16)21(15)11-27-9-18(25-21)24-12-26/h4-8,12H,9-11H2,1-3H3,(H,24,25,26). The van der Waals surface area contributed by atoms with Gasteiger partial charge in [0, 0.05) is 21.7 Å². The zero-order valence-corrected chi connectivity index (χ0v) is 18.1. The van der Waals surface area contributed by atoms with Gasteiger partial charge >= 0.3 is 0 Å². The van der Waals surface area contributed by atoms with Gasteiger partial charge < -0.3 is 19.5 Å². The second-order valence-corrected chi connectivity index (χ2v) is 9.20. The van der Waals surface area contributed by atoms with Crippen LogP contribution in [-0.4, -0.2) is 37.1 Å². The summed E-state index contributed by atoms with van der Waals surface area (Å²) in [7, 11) is 0. The number of hydrogen-bond acceptors (Lipinski definition) is 6. The van der Waals surface area contributed by atoms with Crippen LogP contribution in [0.15, 0.2) is 39.9 Å². The molecule has 29 heavy (non-hydrogen) atoms. The summed E-state index contributed by atoms with van der Waals surface area (Å²) in [6, 6.07) is 7.60. The van der Waals surface area contributed by atoms with E-state index >= 15 is 0 Å². The molecule has 8 heteroatoms. The molecule has 0 fully saturated rings. The Morgan fingerprint density at radius 2 is 2.07 bits per heavy atom. The number of aromatic nitrogens is 1. The SMILES string of the molecule is CC(C)(C)COc1cc2c(cn1)Oc1ccc(Br)cc1C21COCC(NC=O)=N1. The van der Waals surface area contributed by atoms with Crippen LogP contribution >= 0.6 is 15.9 Å². The Balaban J connectivity index is 1.86. The largest absolute Gasteiger partial charge is 0.477 e. The highest BCUT2D eigenvalue weighted by Gasteiger charge is 2.45. The van der Waals surface area contributed by atoms with Gasteiger partial charge in [-0.15, -0.1) is 0 Å². The second-order valence-electron chi connectivity index (χ2n) is 8.28. The lowest BCUT2D eigenvalue weighted by molar-refractivity contribution is -0.108. The molecule has 0 saturated heterocycles. The Kier molecular flexibility index (Phi) is 5.08. The van der Waals surface area contributed by atoms with Gasteiger partial charge in [0.25, 0.3) is 0 Å². The van der Waals surface area contributed by atoms with E-state index in [4.69, 9.17) is 19.2 Å². The van der Waals surface area contributed by atoms with Crippen molar-refractivity contribution in [1.29, 1.82) is 0 Å². The quantitative estimate of drug-likeness (QED) is 0.705. The number of nitrogens with one attached hydrogen (secondary N) is 1. The monoisotopic (exact) mass is 459 g/mol. The van der Waals surface area contributed by atoms with Gasteiger partial charge in [-0.3, -0.25) is 9.79 Å². The molecule has 0 aliphatic carbocycles. The number of halogens is 1. The molecule has 0 radical (unpaired) electrons. The fourth-order valence-corrected chi connectivity index (χ4v) is 3.74. The first-order chi connectivity index (χ1) is 13.8. The molecule has 1 spiro atoms. The van der Waals surface area contributed by atoms with Crippen molar-refractivity contribution in [2.24, 2.45) is 10.4 Å². The molecule has 1 N–H and O–H groups in total. The lowest BCUT2D eigenvalue weighted by atomic mass is 9.81. The van der Waals surface area contributed by atoms with Gasteiger partial charge in [-0.05, 0) is 23.6 Å². The van der Waals surface area contributed by atoms with Crippen LogP contribution in [0.3, 0.4) is 0 Å². The van der Waals surface area contributed by atoms with Crippen LogP contribution in [0.1, 0.15) is 31.9 Å². The van der Waals surface area contributed by atoms with Gasteiger partial charge in [-0.25, -0.2) is 4.98 Å². The molecule has 1 aromatic carbocycles. The lowest BCUT2D eigenvalue weighted by Gasteiger charge is -2.39. The second kappa shape index (κ2) is 7.42. The summed E-state index contributed by atoms with van der Waals surface area (Å²) in [5.74, 6) is 2.21. The Morgan fingerprint density at radius 1 is 1.28 bits per heavy atom. The predicted molar refractivity (Wildman–Crippen MR) is 112 cm³/mol. The number of nitrogens with zero attached hydrogens (tertiary/aromatic N) is 2. The number of benzene rings is 1. The van der Waals surface area contributed by atoms with E-state index in [-0.39, 0.29) is 12.0 Å². The molecule has 0 bridgehead atoms. The van der Waals surface area contributed by atoms with Crippen molar-refractivity contribution in [3.05, 3.63) is 46.1 Å². The van der Waals surface area contributed by atoms with Gasteiger partial charge in [0.15, 0.2) is 5.75 Å². The normalized spacial score (nSPS) is 20.2. The number of aliphatic imine (C=N–C) groups is 1. The van der Waals surface area contributed by atoms with Gasteiger partial charge in [0.2, 0.25) is 12.3 Å². The van der Waals surface area contributed by atoms with Crippen molar-refractivity contribution in [2.45, 2.75) is 26.3 Å². The Labute approximate surface area is 177 Å². The summed E-state index contributed by atoms with van der Waals surface area (Å²) in [6.45, 7) is 7.35. The fraction of sp³-hybridized carbons (Fsp3) is 0.381. The number of amides is 1. The molecular formula is C21H22BrN3O4. The number of fused-ring (bicyclic) bond motifs is 4. The first-order valence-electron chi connectivity index (χ1n) is 9.29. The van der Waals surface area contributed by atoms with Gasteiger partial charge in [0.1, 0.15) is 23.7 Å². The van der Waals surface area contributed by atoms with E-state index < -0.39 is 5.54 Å². The average Bonchev–Trinajstić information content (AvgIpc) is 2.68. The molecule has 152 valence electrons. The summed E-state index contributed by atoms with van der Waals surface area (Å²) in [5, 5.41) is 2.64. The summed E-state index contributed by atoms with van der Waals surface area (Å²) >= 11 is 3.53. The zero-order chi connectivity index (χ0) is 20.6. The number of carbonyl (C=O) groups is 1. The van der Waals surface area contributed by atoms with Crippen molar-refractivity contribution in [3.8, 4) is 17.4 Å². The molecule has 1 atom stereocenters. The molecule has 4 rings (SSSR count). The van der Waals surface area contributed by atoms with Crippen molar-refractivity contribution in [2.75, 3.05) is 19.8 Å². The summed E-state index contributed by atoms with van der Waals surface area (Å²) in [6.07, 6.45) is 2.25. The van der Waals surface area contributed by atoms with Gasteiger partial charge in [-0.2, -0.15) is 0 Å². The van der Waals surface area contributed by atoms with Crippen LogP contribution in [0.25, 0.3) is 0 Å². The van der Waals surface area contributed by atoms with E-state index in [0.29, 0.717) is 42.8 Å². The maximum atomic E-state index is 11.0. The maximum absolute atomic E-state index is 11.0. The number of hydrogen-bond donors (Lipinski definition) is 1. The predicted octanol–water partition coefficient (Wildman–Crippen LogP) is 3.79. The highest BCUT2D eigenvalue weighted by Crippen LogP contribution is 2.51. The first-order valence-corrected chi connectivity index (χ1v) is 10.1. The molecule has 2 aromatic rings. The average molecular weight is 460 g/mol. The number of ether oxygens (including phenoxy) is 3. The molecule has 0 saturated carbocycles. The number of pyridine rings is 1. The molecule has 1 unspecified atom stereocenters. The van der Waals surface area contributed by atoms with E-state index in [9.17, 15) is 4.79 Å². The lowest BCUT2D eigenvalue weighted by Crippen LogP contribution is -2.43. The molecule has 1 aromatic heterocycles. The molecule has 2 aliphatic heterocycles.